The van der Waals surface area contributed by atoms with Gasteiger partial charge in [0.05, 0.1) is 6.54 Å². The first-order valence-electron chi connectivity index (χ1n) is 6.58. The number of carbonyl (C=O) groups is 1. The predicted molar refractivity (Wildman–Crippen MR) is 92.3 cm³/mol. The summed E-state index contributed by atoms with van der Waals surface area (Å²) in [5.74, 6) is -0.329. The number of pyridine rings is 1. The number of hydrogen-bond acceptors (Lipinski definition) is 6. The van der Waals surface area contributed by atoms with Crippen molar-refractivity contribution in [2.75, 3.05) is 12.3 Å². The summed E-state index contributed by atoms with van der Waals surface area (Å²) in [5, 5.41) is 4.65. The maximum atomic E-state index is 12.1. The van der Waals surface area contributed by atoms with E-state index in [2.05, 4.69) is 31.0 Å². The first-order valence-corrected chi connectivity index (χ1v) is 9.74. The molecule has 0 aromatic carbocycles. The second kappa shape index (κ2) is 7.86. The first kappa shape index (κ1) is 17.9. The van der Waals surface area contributed by atoms with Gasteiger partial charge in [0, 0.05) is 28.5 Å². The minimum atomic E-state index is -3.81. The number of rotatable bonds is 7. The van der Waals surface area contributed by atoms with Gasteiger partial charge in [-0.2, -0.15) is 0 Å². The number of sulfonamides is 1. The second-order valence-corrected chi connectivity index (χ2v) is 8.22. The Morgan fingerprint density at radius 2 is 2.22 bits per heavy atom. The molecule has 7 nitrogen and oxygen atoms in total. The number of aromatic nitrogens is 1. The molecule has 0 unspecified atom stereocenters. The van der Waals surface area contributed by atoms with Gasteiger partial charge in [-0.1, -0.05) is 6.07 Å². The molecule has 0 spiro atoms. The van der Waals surface area contributed by atoms with Gasteiger partial charge in [0.2, 0.25) is 15.9 Å². The minimum Gasteiger partial charge on any atom is -0.383 e. The van der Waals surface area contributed by atoms with Crippen LogP contribution in [0.25, 0.3) is 0 Å². The number of amides is 1. The van der Waals surface area contributed by atoms with E-state index >= 15 is 0 Å². The van der Waals surface area contributed by atoms with Gasteiger partial charge in [0.15, 0.2) is 0 Å². The van der Waals surface area contributed by atoms with Crippen molar-refractivity contribution in [3.05, 3.63) is 39.1 Å². The van der Waals surface area contributed by atoms with Crippen LogP contribution in [0.15, 0.2) is 39.1 Å². The molecule has 0 fully saturated rings. The lowest BCUT2D eigenvalue weighted by Crippen LogP contribution is -2.31. The SMILES string of the molecule is Nc1ncc(Br)cc1S(=O)(=O)NCCC(=O)NCc1cccs1. The molecular formula is C13H15BrN4O3S2. The molecule has 0 saturated carbocycles. The maximum absolute atomic E-state index is 12.1. The quantitative estimate of drug-likeness (QED) is 0.629. The van der Waals surface area contributed by atoms with Crippen LogP contribution < -0.4 is 15.8 Å². The highest BCUT2D eigenvalue weighted by Gasteiger charge is 2.18. The highest BCUT2D eigenvalue weighted by molar-refractivity contribution is 9.10. The molecular weight excluding hydrogens is 404 g/mol. The summed E-state index contributed by atoms with van der Waals surface area (Å²) >= 11 is 4.69. The lowest BCUT2D eigenvalue weighted by molar-refractivity contribution is -0.121. The van der Waals surface area contributed by atoms with Crippen LogP contribution in [0.1, 0.15) is 11.3 Å². The fourth-order valence-corrected chi connectivity index (χ4v) is 3.97. The van der Waals surface area contributed by atoms with Crippen molar-refractivity contribution in [2.24, 2.45) is 0 Å². The normalized spacial score (nSPS) is 11.3. The fraction of sp³-hybridized carbons (Fsp3) is 0.231. The third kappa shape index (κ3) is 5.27. The van der Waals surface area contributed by atoms with Crippen molar-refractivity contribution in [1.29, 1.82) is 0 Å². The lowest BCUT2D eigenvalue weighted by atomic mass is 10.4. The third-order valence-corrected chi connectivity index (χ3v) is 5.62. The third-order valence-electron chi connectivity index (χ3n) is 2.82. The van der Waals surface area contributed by atoms with Crippen molar-refractivity contribution < 1.29 is 13.2 Å². The van der Waals surface area contributed by atoms with E-state index in [1.807, 2.05) is 17.5 Å². The van der Waals surface area contributed by atoms with Gasteiger partial charge in [0.25, 0.3) is 0 Å². The zero-order valence-corrected chi connectivity index (χ0v) is 15.2. The van der Waals surface area contributed by atoms with E-state index in [0.29, 0.717) is 11.0 Å². The van der Waals surface area contributed by atoms with Crippen LogP contribution in [-0.2, 0) is 21.4 Å². The van der Waals surface area contributed by atoms with E-state index < -0.39 is 10.0 Å². The van der Waals surface area contributed by atoms with Crippen LogP contribution in [0.4, 0.5) is 5.82 Å². The molecule has 10 heteroatoms. The summed E-state index contributed by atoms with van der Waals surface area (Å²) in [6, 6.07) is 5.18. The highest BCUT2D eigenvalue weighted by Crippen LogP contribution is 2.20. The van der Waals surface area contributed by atoms with E-state index in [4.69, 9.17) is 5.73 Å². The summed E-state index contributed by atoms with van der Waals surface area (Å²) < 4.78 is 27.1. The van der Waals surface area contributed by atoms with Crippen molar-refractivity contribution in [3.63, 3.8) is 0 Å². The van der Waals surface area contributed by atoms with Crippen molar-refractivity contribution in [2.45, 2.75) is 17.9 Å². The number of thiophene rings is 1. The number of halogens is 1. The van der Waals surface area contributed by atoms with Gasteiger partial charge >= 0.3 is 0 Å². The Hall–Kier alpha value is -1.49. The number of nitrogens with two attached hydrogens (primary N) is 1. The number of nitrogens with zero attached hydrogens (tertiary/aromatic N) is 1. The Bertz CT molecular complexity index is 779. The summed E-state index contributed by atoms with van der Waals surface area (Å²) in [6.45, 7) is 0.413. The summed E-state index contributed by atoms with van der Waals surface area (Å²) in [4.78, 5) is 16.4. The van der Waals surface area contributed by atoms with Crippen molar-refractivity contribution >= 4 is 49.0 Å². The van der Waals surface area contributed by atoms with Gasteiger partial charge in [-0.05, 0) is 33.4 Å². The van der Waals surface area contributed by atoms with Crippen LogP contribution in [0.2, 0.25) is 0 Å². The number of anilines is 1. The van der Waals surface area contributed by atoms with E-state index in [0.717, 1.165) is 4.88 Å². The average molecular weight is 419 g/mol. The Morgan fingerprint density at radius 1 is 1.43 bits per heavy atom. The molecule has 23 heavy (non-hydrogen) atoms. The van der Waals surface area contributed by atoms with Gasteiger partial charge in [0.1, 0.15) is 10.7 Å². The molecule has 2 aromatic heterocycles. The zero-order chi connectivity index (χ0) is 16.9. The monoisotopic (exact) mass is 418 g/mol. The Morgan fingerprint density at radius 3 is 2.91 bits per heavy atom. The number of hydrogen-bond donors (Lipinski definition) is 3. The first-order chi connectivity index (χ1) is 10.9. The molecule has 0 atom stereocenters. The van der Waals surface area contributed by atoms with Gasteiger partial charge in [-0.15, -0.1) is 11.3 Å². The van der Waals surface area contributed by atoms with E-state index in [1.54, 1.807) is 11.3 Å². The molecule has 0 aliphatic heterocycles. The van der Waals surface area contributed by atoms with E-state index in [1.165, 1.54) is 12.3 Å². The molecule has 124 valence electrons. The average Bonchev–Trinajstić information content (AvgIpc) is 3.00. The molecule has 0 aliphatic rings. The summed E-state index contributed by atoms with van der Waals surface area (Å²) in [6.07, 6.45) is 1.44. The van der Waals surface area contributed by atoms with Crippen LogP contribution in [0, 0.1) is 0 Å². The van der Waals surface area contributed by atoms with Gasteiger partial charge in [-0.3, -0.25) is 4.79 Å². The summed E-state index contributed by atoms with van der Waals surface area (Å²) in [5.41, 5.74) is 5.58. The molecule has 0 bridgehead atoms. The fourth-order valence-electron chi connectivity index (χ4n) is 1.71. The van der Waals surface area contributed by atoms with Crippen LogP contribution in [0.5, 0.6) is 0 Å². The number of nitrogen functional groups attached to an aromatic ring is 1. The zero-order valence-electron chi connectivity index (χ0n) is 12.0. The van der Waals surface area contributed by atoms with Crippen molar-refractivity contribution in [3.8, 4) is 0 Å². The molecule has 2 aromatic rings. The van der Waals surface area contributed by atoms with Crippen LogP contribution >= 0.6 is 27.3 Å². The second-order valence-electron chi connectivity index (χ2n) is 4.54. The lowest BCUT2D eigenvalue weighted by Gasteiger charge is -2.09. The predicted octanol–water partition coefficient (Wildman–Crippen LogP) is 1.47. The molecule has 2 rings (SSSR count). The molecule has 0 aliphatic carbocycles. The van der Waals surface area contributed by atoms with E-state index in [9.17, 15) is 13.2 Å². The molecule has 1 amide bonds. The van der Waals surface area contributed by atoms with Crippen LogP contribution in [0.3, 0.4) is 0 Å². The summed E-state index contributed by atoms with van der Waals surface area (Å²) in [7, 11) is -3.81. The molecule has 4 N–H and O–H groups in total. The molecule has 0 saturated heterocycles. The minimum absolute atomic E-state index is 0.0233. The molecule has 0 radical (unpaired) electrons. The highest BCUT2D eigenvalue weighted by atomic mass is 79.9. The van der Waals surface area contributed by atoms with Gasteiger partial charge in [-0.25, -0.2) is 18.1 Å². The Labute approximate surface area is 146 Å². The Kier molecular flexibility index (Phi) is 6.10. The van der Waals surface area contributed by atoms with Gasteiger partial charge < -0.3 is 11.1 Å². The largest absolute Gasteiger partial charge is 0.383 e. The maximum Gasteiger partial charge on any atom is 0.244 e. The number of nitrogens with one attached hydrogen (secondary N) is 2. The Balaban J connectivity index is 1.85. The smallest absolute Gasteiger partial charge is 0.244 e. The number of carbonyl (C=O) groups excluding carboxylic acids is 1. The van der Waals surface area contributed by atoms with E-state index in [-0.39, 0.29) is 29.6 Å². The standard InChI is InChI=1S/C13H15BrN4O3S2/c14-9-6-11(13(15)17-7-9)23(20,21)18-4-3-12(19)16-8-10-2-1-5-22-10/h1-2,5-7,18H,3-4,8H2,(H2,15,17)(H,16,19). The molecule has 2 heterocycles. The topological polar surface area (TPSA) is 114 Å². The van der Waals surface area contributed by atoms with Crippen molar-refractivity contribution in [1.82, 2.24) is 15.0 Å². The van der Waals surface area contributed by atoms with Crippen LogP contribution in [-0.4, -0.2) is 25.9 Å².